The van der Waals surface area contributed by atoms with Crippen molar-refractivity contribution in [3.8, 4) is 0 Å². The second-order valence-corrected chi connectivity index (χ2v) is 30.7. The van der Waals surface area contributed by atoms with Crippen LogP contribution < -0.4 is 16.0 Å². The first-order chi connectivity index (χ1) is 51.3. The molecule has 0 aromatic heterocycles. The number of fused-ring (bicyclic) bond motifs is 3. The van der Waals surface area contributed by atoms with Crippen molar-refractivity contribution < 1.29 is 97.0 Å². The van der Waals surface area contributed by atoms with Crippen molar-refractivity contribution in [3.63, 3.8) is 0 Å². The maximum Gasteiger partial charge on any atom is 0.422 e. The summed E-state index contributed by atoms with van der Waals surface area (Å²) in [5.41, 5.74) is -5.45. The summed E-state index contributed by atoms with van der Waals surface area (Å²) in [5.74, 6) is -15.5. The highest BCUT2D eigenvalue weighted by atomic mass is 19.4. The van der Waals surface area contributed by atoms with Gasteiger partial charge in [0.2, 0.25) is 70.9 Å². The second kappa shape index (κ2) is 35.5. The van der Waals surface area contributed by atoms with Gasteiger partial charge in [0, 0.05) is 74.8 Å². The maximum absolute atomic E-state index is 16.2. The number of alkyl halides is 7. The van der Waals surface area contributed by atoms with Gasteiger partial charge in [-0.3, -0.25) is 57.5 Å². The minimum Gasteiger partial charge on any atom is -0.343 e. The van der Waals surface area contributed by atoms with Crippen molar-refractivity contribution in [2.75, 3.05) is 81.6 Å². The van der Waals surface area contributed by atoms with Crippen LogP contribution in [0.25, 0.3) is 0 Å². The number of rotatable bonds is 11. The van der Waals surface area contributed by atoms with Crippen LogP contribution in [-0.4, -0.2) is 257 Å². The van der Waals surface area contributed by atoms with Gasteiger partial charge in [0.05, 0.1) is 31.6 Å². The Hall–Kier alpha value is -8.81. The van der Waals surface area contributed by atoms with Crippen molar-refractivity contribution in [3.05, 3.63) is 82.4 Å². The van der Waals surface area contributed by atoms with E-state index >= 15 is 46.7 Å². The van der Waals surface area contributed by atoms with E-state index in [1.165, 1.54) is 45.0 Å². The molecule has 3 aliphatic carbocycles. The Balaban J connectivity index is 1.12. The van der Waals surface area contributed by atoms with Gasteiger partial charge >= 0.3 is 12.4 Å². The third kappa shape index (κ3) is 19.9. The fourth-order valence-electron chi connectivity index (χ4n) is 16.2. The number of likely N-dealkylation sites (N-methyl/N-ethyl adjacent to an activating group) is 6. The van der Waals surface area contributed by atoms with Crippen molar-refractivity contribution in [1.82, 2.24) is 60.0 Å². The number of hydrogen-bond donors (Lipinski definition) is 3. The first-order valence-corrected chi connectivity index (χ1v) is 37.7. The molecular formula is C76H101F9N12O12. The number of amides is 12. The Morgan fingerprint density at radius 1 is 0.624 bits per heavy atom. The van der Waals surface area contributed by atoms with Crippen LogP contribution in [0.1, 0.15) is 158 Å². The fourth-order valence-corrected chi connectivity index (χ4v) is 16.2. The molecule has 2 aromatic rings. The molecule has 3 saturated heterocycles. The zero-order valence-electron chi connectivity index (χ0n) is 63.0. The van der Waals surface area contributed by atoms with Gasteiger partial charge < -0.3 is 60.0 Å². The predicted octanol–water partition coefficient (Wildman–Crippen LogP) is 6.35. The molecule has 6 fully saturated rings. The Morgan fingerprint density at radius 2 is 1.25 bits per heavy atom. The van der Waals surface area contributed by atoms with Gasteiger partial charge in [-0.2, -0.15) is 26.3 Å². The summed E-state index contributed by atoms with van der Waals surface area (Å²) >= 11 is 0. The smallest absolute Gasteiger partial charge is 0.343 e. The number of benzene rings is 2. The molecule has 109 heavy (non-hydrogen) atoms. The molecule has 12 amide bonds. The Bertz CT molecular complexity index is 3730. The number of carbonyl (C=O) groups excluding carboxylic acids is 12. The van der Waals surface area contributed by atoms with Crippen LogP contribution in [0.15, 0.2) is 48.6 Å². The van der Waals surface area contributed by atoms with Gasteiger partial charge in [0.15, 0.2) is 0 Å². The summed E-state index contributed by atoms with van der Waals surface area (Å²) in [7, 11) is 7.85. The molecule has 4 aliphatic heterocycles. The SMILES string of the molecule is CC[C@H](C)[C@@H]1NC(=O)[C@H](CC2CC2)N(C)C(=O)C[C@@H](C(=O)N2CCCC2)N(C)C(=O)[C@H](C2CCCC2)N(C)C(=O)C2(CCCC2)NC(=O)[C@@H]2C[C@@H](F)CN2C(=O)[C@H](CCc2cc(F)c(C(F)(F)F)c(F)c2)NC(=O)CN(C)C(=O)[C@H](Cc2ccc(C(F)(F)F)cc2)N2CC/C=C\C[C@@H](C2=O)N(C)C(=O)CN(C)C1=O. The maximum atomic E-state index is 16.2. The highest BCUT2D eigenvalue weighted by molar-refractivity contribution is 6.01. The third-order valence-corrected chi connectivity index (χ3v) is 23.1. The minimum absolute atomic E-state index is 0.00992. The molecule has 33 heteroatoms. The Labute approximate surface area is 628 Å². The lowest BCUT2D eigenvalue weighted by molar-refractivity contribution is -0.156. The van der Waals surface area contributed by atoms with E-state index in [1.807, 2.05) is 0 Å². The van der Waals surface area contributed by atoms with Crippen molar-refractivity contribution in [2.45, 2.75) is 221 Å². The van der Waals surface area contributed by atoms with E-state index in [4.69, 9.17) is 0 Å². The van der Waals surface area contributed by atoms with Gasteiger partial charge in [-0.15, -0.1) is 0 Å². The lowest BCUT2D eigenvalue weighted by Gasteiger charge is -2.42. The summed E-state index contributed by atoms with van der Waals surface area (Å²) in [5, 5.41) is 8.15. The quantitative estimate of drug-likeness (QED) is 0.164. The molecule has 10 atom stereocenters. The third-order valence-electron chi connectivity index (χ3n) is 23.1. The molecule has 2 bridgehead atoms. The van der Waals surface area contributed by atoms with Crippen LogP contribution in [0.3, 0.4) is 0 Å². The summed E-state index contributed by atoms with van der Waals surface area (Å²) in [6, 6.07) is -7.75. The molecule has 4 heterocycles. The Morgan fingerprint density at radius 3 is 1.84 bits per heavy atom. The van der Waals surface area contributed by atoms with Crippen LogP contribution in [0.2, 0.25) is 0 Å². The summed E-state index contributed by atoms with van der Waals surface area (Å²) < 4.78 is 130. The molecule has 24 nitrogen and oxygen atoms in total. The number of halogens is 9. The number of nitrogens with one attached hydrogen (secondary N) is 3. The van der Waals surface area contributed by atoms with Crippen LogP contribution in [-0.2, 0) is 82.7 Å². The highest BCUT2D eigenvalue weighted by Gasteiger charge is 2.53. The fraction of sp³-hybridized carbons (Fsp3) is 0.658. The van der Waals surface area contributed by atoms with Gasteiger partial charge in [-0.25, -0.2) is 13.2 Å². The number of likely N-dealkylation sites (tertiary alicyclic amines) is 1. The van der Waals surface area contributed by atoms with Crippen molar-refractivity contribution >= 4 is 70.9 Å². The monoisotopic (exact) mass is 1540 g/mol. The van der Waals surface area contributed by atoms with E-state index in [1.54, 1.807) is 30.9 Å². The van der Waals surface area contributed by atoms with Gasteiger partial charge in [0.1, 0.15) is 77.2 Å². The zero-order valence-corrected chi connectivity index (χ0v) is 63.0. The van der Waals surface area contributed by atoms with Crippen LogP contribution in [0.4, 0.5) is 39.5 Å². The van der Waals surface area contributed by atoms with E-state index in [2.05, 4.69) is 16.0 Å². The van der Waals surface area contributed by atoms with Gasteiger partial charge in [-0.1, -0.05) is 83.1 Å². The van der Waals surface area contributed by atoms with Crippen molar-refractivity contribution in [2.24, 2.45) is 17.8 Å². The average Bonchev–Trinajstić information content (AvgIpc) is 1.67. The van der Waals surface area contributed by atoms with E-state index in [-0.39, 0.29) is 50.1 Å². The van der Waals surface area contributed by atoms with Crippen LogP contribution in [0, 0.1) is 29.4 Å². The molecule has 9 rings (SSSR count). The molecule has 3 N–H and O–H groups in total. The Kier molecular flexibility index (Phi) is 27.4. The standard InChI is InChI=1S/C76H101F9N12O12/c1-9-44(2)63-71(107)90(4)43-61(100)91(5)54-21-11-10-16-34-96(70(54)106)58(38-46-24-27-49(28-25-46)75(80,81)82)68(104)89(3)42-59(98)86-53(29-26-47-35-51(78)62(52(79)36-47)76(83,84)85)67(103)97-41-50(77)39-56(97)66(102)88-74(30-14-15-31-74)73(109)94(8)64(48-19-12-13-20-48)72(108)93(7)57(69(105)95-32-17-18-33-95)40-60(99)92(6)55(65(101)87-63)37-45-22-23-45/h10-11,24-25,27-28,35-36,44-45,48,50,53-58,63-64H,9,12-23,26,29-34,37-43H2,1-8H3,(H,86,98)(H,87,101)(H,88,102)/b11-10-/t44-,50+,53-,54-,55-,56-,57-,58-,63-,64-/m0/s1. The average molecular weight is 1550 g/mol. The lowest BCUT2D eigenvalue weighted by Crippen LogP contribution is -2.65. The van der Waals surface area contributed by atoms with Crippen LogP contribution in [0.5, 0.6) is 0 Å². The summed E-state index contributed by atoms with van der Waals surface area (Å²) in [4.78, 5) is 191. The predicted molar refractivity (Wildman–Crippen MR) is 378 cm³/mol. The van der Waals surface area contributed by atoms with Gasteiger partial charge in [-0.05, 0) is 124 Å². The number of carbonyl (C=O) groups is 12. The molecule has 0 radical (unpaired) electrons. The summed E-state index contributed by atoms with van der Waals surface area (Å²) in [6.07, 6.45) is -6.18. The molecular weight excluding hydrogens is 1440 g/mol. The molecule has 3 saturated carbocycles. The first-order valence-electron chi connectivity index (χ1n) is 37.7. The largest absolute Gasteiger partial charge is 0.422 e. The van der Waals surface area contributed by atoms with E-state index in [9.17, 15) is 50.3 Å². The zero-order chi connectivity index (χ0) is 79.9. The molecule has 600 valence electrons. The molecule has 0 unspecified atom stereocenters. The summed E-state index contributed by atoms with van der Waals surface area (Å²) in [6.45, 7) is 1.33. The first kappa shape index (κ1) is 84.2. The van der Waals surface area contributed by atoms with Crippen LogP contribution >= 0.6 is 0 Å². The highest BCUT2D eigenvalue weighted by Crippen LogP contribution is 2.40. The minimum atomic E-state index is -5.48. The van der Waals surface area contributed by atoms with Crippen molar-refractivity contribution in [1.29, 1.82) is 0 Å². The molecule has 1 spiro atoms. The number of hydrogen-bond acceptors (Lipinski definition) is 12. The van der Waals surface area contributed by atoms with Gasteiger partial charge in [0.25, 0.3) is 0 Å². The normalized spacial score (nSPS) is 27.5. The molecule has 2 aromatic carbocycles. The number of aryl methyl sites for hydroxylation is 1. The second-order valence-electron chi connectivity index (χ2n) is 30.7. The lowest BCUT2D eigenvalue weighted by atomic mass is 9.90. The topological polar surface area (TPSA) is 270 Å². The molecule has 7 aliphatic rings. The number of nitrogens with zero attached hydrogens (tertiary/aromatic N) is 9. The van der Waals surface area contributed by atoms with E-state index < -0.39 is 235 Å². The van der Waals surface area contributed by atoms with E-state index in [0.29, 0.717) is 83.0 Å². The van der Waals surface area contributed by atoms with E-state index in [0.717, 1.165) is 73.6 Å².